The van der Waals surface area contributed by atoms with Crippen LogP contribution in [0.25, 0.3) is 0 Å². The number of hydrogen-bond acceptors (Lipinski definition) is 2. The van der Waals surface area contributed by atoms with Gasteiger partial charge in [0, 0.05) is 13.1 Å². The SMILES string of the molecule is CCNC(=O)N(CCc1ccccc1)Cc1ccco1. The highest BCUT2D eigenvalue weighted by molar-refractivity contribution is 5.74. The molecular formula is C16H20N2O2. The van der Waals surface area contributed by atoms with Gasteiger partial charge >= 0.3 is 6.03 Å². The maximum atomic E-state index is 12.1. The summed E-state index contributed by atoms with van der Waals surface area (Å²) in [7, 11) is 0. The predicted molar refractivity (Wildman–Crippen MR) is 78.3 cm³/mol. The van der Waals surface area contributed by atoms with E-state index in [4.69, 9.17) is 4.42 Å². The fourth-order valence-electron chi connectivity index (χ4n) is 2.01. The van der Waals surface area contributed by atoms with Crippen LogP contribution in [0.5, 0.6) is 0 Å². The quantitative estimate of drug-likeness (QED) is 0.878. The molecule has 2 amide bonds. The second-order valence-electron chi connectivity index (χ2n) is 4.57. The number of amides is 2. The molecule has 1 aromatic carbocycles. The average molecular weight is 272 g/mol. The third-order valence-electron chi connectivity index (χ3n) is 3.06. The summed E-state index contributed by atoms with van der Waals surface area (Å²) in [4.78, 5) is 13.8. The van der Waals surface area contributed by atoms with E-state index in [1.54, 1.807) is 11.2 Å². The molecule has 1 heterocycles. The highest BCUT2D eigenvalue weighted by Gasteiger charge is 2.14. The van der Waals surface area contributed by atoms with Gasteiger partial charge in [-0.05, 0) is 31.0 Å². The Morgan fingerprint density at radius 3 is 2.65 bits per heavy atom. The molecule has 0 saturated carbocycles. The minimum absolute atomic E-state index is 0.0557. The summed E-state index contributed by atoms with van der Waals surface area (Å²) >= 11 is 0. The molecule has 1 N–H and O–H groups in total. The third kappa shape index (κ3) is 4.16. The number of rotatable bonds is 6. The van der Waals surface area contributed by atoms with Crippen LogP contribution < -0.4 is 5.32 Å². The molecule has 0 unspecified atom stereocenters. The summed E-state index contributed by atoms with van der Waals surface area (Å²) in [5.74, 6) is 0.796. The highest BCUT2D eigenvalue weighted by atomic mass is 16.3. The number of nitrogens with one attached hydrogen (secondary N) is 1. The van der Waals surface area contributed by atoms with Crippen molar-refractivity contribution < 1.29 is 9.21 Å². The fraction of sp³-hybridized carbons (Fsp3) is 0.312. The topological polar surface area (TPSA) is 45.5 Å². The van der Waals surface area contributed by atoms with Gasteiger partial charge in [-0.15, -0.1) is 0 Å². The smallest absolute Gasteiger partial charge is 0.317 e. The first-order chi connectivity index (χ1) is 9.79. The maximum Gasteiger partial charge on any atom is 0.317 e. The molecule has 106 valence electrons. The molecule has 0 atom stereocenters. The summed E-state index contributed by atoms with van der Waals surface area (Å²) in [6, 6.07) is 13.8. The van der Waals surface area contributed by atoms with Crippen molar-refractivity contribution in [3.8, 4) is 0 Å². The number of hydrogen-bond donors (Lipinski definition) is 1. The molecule has 0 radical (unpaired) electrons. The Hall–Kier alpha value is -2.23. The van der Waals surface area contributed by atoms with Crippen LogP contribution in [0.3, 0.4) is 0 Å². The lowest BCUT2D eigenvalue weighted by atomic mass is 10.1. The van der Waals surface area contributed by atoms with Crippen molar-refractivity contribution in [2.75, 3.05) is 13.1 Å². The van der Waals surface area contributed by atoms with Crippen molar-refractivity contribution in [1.29, 1.82) is 0 Å². The molecule has 2 aromatic rings. The van der Waals surface area contributed by atoms with E-state index in [-0.39, 0.29) is 6.03 Å². The Morgan fingerprint density at radius 1 is 1.20 bits per heavy atom. The Kier molecular flexibility index (Phi) is 5.24. The normalized spacial score (nSPS) is 10.2. The van der Waals surface area contributed by atoms with Crippen LogP contribution in [0.2, 0.25) is 0 Å². The van der Waals surface area contributed by atoms with Crippen molar-refractivity contribution in [2.45, 2.75) is 19.9 Å². The van der Waals surface area contributed by atoms with Crippen molar-refractivity contribution >= 4 is 6.03 Å². The lowest BCUT2D eigenvalue weighted by Gasteiger charge is -2.21. The van der Waals surface area contributed by atoms with Crippen molar-refractivity contribution in [2.24, 2.45) is 0 Å². The number of benzene rings is 1. The lowest BCUT2D eigenvalue weighted by molar-refractivity contribution is 0.191. The van der Waals surface area contributed by atoms with Crippen molar-refractivity contribution in [3.63, 3.8) is 0 Å². The molecule has 0 aliphatic carbocycles. The van der Waals surface area contributed by atoms with Crippen LogP contribution in [-0.2, 0) is 13.0 Å². The fourth-order valence-corrected chi connectivity index (χ4v) is 2.01. The number of furan rings is 1. The standard InChI is InChI=1S/C16H20N2O2/c1-2-17-16(19)18(13-15-9-6-12-20-15)11-10-14-7-4-3-5-8-14/h3-9,12H,2,10-11,13H2,1H3,(H,17,19). The molecule has 0 aliphatic heterocycles. The second-order valence-corrected chi connectivity index (χ2v) is 4.57. The first-order valence-corrected chi connectivity index (χ1v) is 6.88. The van der Waals surface area contributed by atoms with Gasteiger partial charge in [0.2, 0.25) is 0 Å². The van der Waals surface area contributed by atoms with E-state index in [0.29, 0.717) is 19.6 Å². The summed E-state index contributed by atoms with van der Waals surface area (Å²) < 4.78 is 5.32. The van der Waals surface area contributed by atoms with Crippen LogP contribution in [-0.4, -0.2) is 24.0 Å². The van der Waals surface area contributed by atoms with Crippen LogP contribution in [0.1, 0.15) is 18.2 Å². The van der Waals surface area contributed by atoms with Gasteiger partial charge in [-0.2, -0.15) is 0 Å². The number of nitrogens with zero attached hydrogens (tertiary/aromatic N) is 1. The van der Waals surface area contributed by atoms with E-state index in [1.165, 1.54) is 5.56 Å². The Bertz CT molecular complexity index is 509. The van der Waals surface area contributed by atoms with Crippen molar-refractivity contribution in [1.82, 2.24) is 10.2 Å². The van der Waals surface area contributed by atoms with E-state index < -0.39 is 0 Å². The number of urea groups is 1. The lowest BCUT2D eigenvalue weighted by Crippen LogP contribution is -2.40. The largest absolute Gasteiger partial charge is 0.467 e. The summed E-state index contributed by atoms with van der Waals surface area (Å²) in [6.07, 6.45) is 2.46. The van der Waals surface area contributed by atoms with E-state index in [2.05, 4.69) is 17.4 Å². The van der Waals surface area contributed by atoms with Crippen LogP contribution >= 0.6 is 0 Å². The summed E-state index contributed by atoms with van der Waals surface area (Å²) in [6.45, 7) is 3.70. The predicted octanol–water partition coefficient (Wildman–Crippen LogP) is 3.05. The minimum atomic E-state index is -0.0557. The highest BCUT2D eigenvalue weighted by Crippen LogP contribution is 2.08. The van der Waals surface area contributed by atoms with Gasteiger partial charge in [0.15, 0.2) is 0 Å². The van der Waals surface area contributed by atoms with Gasteiger partial charge < -0.3 is 14.6 Å². The first kappa shape index (κ1) is 14.2. The molecule has 1 aromatic heterocycles. The van der Waals surface area contributed by atoms with Gasteiger partial charge in [0.1, 0.15) is 5.76 Å². The monoisotopic (exact) mass is 272 g/mol. The zero-order valence-electron chi connectivity index (χ0n) is 11.7. The van der Waals surface area contributed by atoms with Gasteiger partial charge in [0.05, 0.1) is 12.8 Å². The Morgan fingerprint density at radius 2 is 2.00 bits per heavy atom. The third-order valence-corrected chi connectivity index (χ3v) is 3.06. The van der Waals surface area contributed by atoms with Crippen LogP contribution in [0, 0.1) is 0 Å². The summed E-state index contributed by atoms with van der Waals surface area (Å²) in [5, 5.41) is 2.84. The molecule has 0 fully saturated rings. The molecular weight excluding hydrogens is 252 g/mol. The molecule has 0 spiro atoms. The van der Waals surface area contributed by atoms with Gasteiger partial charge in [-0.1, -0.05) is 30.3 Å². The number of carbonyl (C=O) groups excluding carboxylic acids is 1. The van der Waals surface area contributed by atoms with E-state index in [1.807, 2.05) is 37.3 Å². The minimum Gasteiger partial charge on any atom is -0.467 e. The molecule has 2 rings (SSSR count). The molecule has 20 heavy (non-hydrogen) atoms. The van der Waals surface area contributed by atoms with E-state index >= 15 is 0 Å². The summed E-state index contributed by atoms with van der Waals surface area (Å²) in [5.41, 5.74) is 1.22. The molecule has 0 aliphatic rings. The zero-order chi connectivity index (χ0) is 14.2. The molecule has 0 bridgehead atoms. The van der Waals surface area contributed by atoms with Crippen LogP contribution in [0.4, 0.5) is 4.79 Å². The number of carbonyl (C=O) groups is 1. The molecule has 4 nitrogen and oxygen atoms in total. The molecule has 4 heteroatoms. The van der Waals surface area contributed by atoms with Gasteiger partial charge in [-0.25, -0.2) is 4.79 Å². The molecule has 0 saturated heterocycles. The van der Waals surface area contributed by atoms with Crippen molar-refractivity contribution in [3.05, 3.63) is 60.1 Å². The Balaban J connectivity index is 1.97. The Labute approximate surface area is 119 Å². The van der Waals surface area contributed by atoms with Crippen LogP contribution in [0.15, 0.2) is 53.1 Å². The first-order valence-electron chi connectivity index (χ1n) is 6.88. The average Bonchev–Trinajstić information content (AvgIpc) is 2.97. The second kappa shape index (κ2) is 7.38. The van der Waals surface area contributed by atoms with Gasteiger partial charge in [0.25, 0.3) is 0 Å². The zero-order valence-corrected chi connectivity index (χ0v) is 11.7. The van der Waals surface area contributed by atoms with E-state index in [0.717, 1.165) is 12.2 Å². The van der Waals surface area contributed by atoms with E-state index in [9.17, 15) is 4.79 Å². The van der Waals surface area contributed by atoms with Gasteiger partial charge in [-0.3, -0.25) is 0 Å². The maximum absolute atomic E-state index is 12.1.